The van der Waals surface area contributed by atoms with Crippen LogP contribution in [0.1, 0.15) is 11.4 Å². The number of hydrogen-bond donors (Lipinski definition) is 1. The van der Waals surface area contributed by atoms with Crippen molar-refractivity contribution in [1.29, 1.82) is 0 Å². The van der Waals surface area contributed by atoms with Gasteiger partial charge in [0.15, 0.2) is 0 Å². The van der Waals surface area contributed by atoms with Crippen LogP contribution in [-0.4, -0.2) is 10.2 Å². The summed E-state index contributed by atoms with van der Waals surface area (Å²) >= 11 is 5.47. The van der Waals surface area contributed by atoms with Crippen LogP contribution in [0.4, 0.5) is 0 Å². The Hall–Kier alpha value is -0.500. The van der Waals surface area contributed by atoms with Gasteiger partial charge in [0.2, 0.25) is 0 Å². The molecule has 0 atom stereocenters. The molecular weight excluding hydrogens is 124 g/mol. The van der Waals surface area contributed by atoms with E-state index in [-0.39, 0.29) is 0 Å². The average molecular weight is 131 g/mol. The van der Waals surface area contributed by atoms with Gasteiger partial charge in [-0.15, -0.1) is 11.6 Å². The van der Waals surface area contributed by atoms with Gasteiger partial charge in [-0.05, 0) is 13.0 Å². The fourth-order valence-electron chi connectivity index (χ4n) is 0.545. The van der Waals surface area contributed by atoms with Gasteiger partial charge in [0.05, 0.1) is 17.3 Å². The molecular formula is C5H7ClN2. The normalized spacial score (nSPS) is 9.75. The molecule has 0 aromatic carbocycles. The summed E-state index contributed by atoms with van der Waals surface area (Å²) in [7, 11) is 0. The third-order valence-corrected chi connectivity index (χ3v) is 1.19. The third kappa shape index (κ3) is 1.01. The minimum Gasteiger partial charge on any atom is -0.281 e. The predicted molar refractivity (Wildman–Crippen MR) is 32.9 cm³/mol. The maximum atomic E-state index is 5.47. The number of rotatable bonds is 1. The Morgan fingerprint density at radius 2 is 2.62 bits per heavy atom. The first-order chi connectivity index (χ1) is 3.83. The average Bonchev–Trinajstić information content (AvgIpc) is 2.14. The van der Waals surface area contributed by atoms with Crippen LogP contribution in [0, 0.1) is 6.92 Å². The highest BCUT2D eigenvalue weighted by molar-refractivity contribution is 6.16. The summed E-state index contributed by atoms with van der Waals surface area (Å²) < 4.78 is 0. The molecule has 0 saturated carbocycles. The Labute approximate surface area is 52.9 Å². The molecule has 0 saturated heterocycles. The van der Waals surface area contributed by atoms with Crippen LogP contribution in [0.5, 0.6) is 0 Å². The molecule has 0 aliphatic heterocycles. The molecule has 0 aliphatic rings. The van der Waals surface area contributed by atoms with Gasteiger partial charge >= 0.3 is 0 Å². The van der Waals surface area contributed by atoms with Crippen molar-refractivity contribution in [2.45, 2.75) is 12.8 Å². The summed E-state index contributed by atoms with van der Waals surface area (Å²) in [6, 6.07) is 1.92. The molecule has 44 valence electrons. The number of aryl methyl sites for hydroxylation is 1. The predicted octanol–water partition coefficient (Wildman–Crippen LogP) is 1.46. The van der Waals surface area contributed by atoms with Crippen LogP contribution in [-0.2, 0) is 5.88 Å². The molecule has 1 N–H and O–H groups in total. The van der Waals surface area contributed by atoms with E-state index in [9.17, 15) is 0 Å². The van der Waals surface area contributed by atoms with E-state index in [0.29, 0.717) is 5.88 Å². The summed E-state index contributed by atoms with van der Waals surface area (Å²) in [5.41, 5.74) is 1.96. The van der Waals surface area contributed by atoms with Gasteiger partial charge < -0.3 is 0 Å². The maximum absolute atomic E-state index is 5.47. The molecule has 0 spiro atoms. The number of nitrogens with one attached hydrogen (secondary N) is 1. The van der Waals surface area contributed by atoms with Gasteiger partial charge in [-0.2, -0.15) is 5.10 Å². The molecule has 2 nitrogen and oxygen atoms in total. The minimum absolute atomic E-state index is 0.515. The van der Waals surface area contributed by atoms with E-state index in [1.54, 1.807) is 0 Å². The standard InChI is InChI=1S/C5H7ClN2/c1-4-2-5(3-6)8-7-4/h2H,3H2,1H3,(H,7,8). The first-order valence-electron chi connectivity index (χ1n) is 2.40. The van der Waals surface area contributed by atoms with Crippen molar-refractivity contribution in [3.63, 3.8) is 0 Å². The lowest BCUT2D eigenvalue weighted by molar-refractivity contribution is 1.01. The van der Waals surface area contributed by atoms with Crippen molar-refractivity contribution in [2.24, 2.45) is 0 Å². The quantitative estimate of drug-likeness (QED) is 0.573. The highest BCUT2D eigenvalue weighted by Crippen LogP contribution is 1.99. The Morgan fingerprint density at radius 1 is 1.88 bits per heavy atom. The molecule has 0 bridgehead atoms. The number of alkyl halides is 1. The van der Waals surface area contributed by atoms with Crippen LogP contribution in [0.2, 0.25) is 0 Å². The topological polar surface area (TPSA) is 28.7 Å². The van der Waals surface area contributed by atoms with Crippen molar-refractivity contribution in [1.82, 2.24) is 10.2 Å². The van der Waals surface area contributed by atoms with E-state index in [1.165, 1.54) is 0 Å². The highest BCUT2D eigenvalue weighted by atomic mass is 35.5. The van der Waals surface area contributed by atoms with E-state index < -0.39 is 0 Å². The lowest BCUT2D eigenvalue weighted by atomic mass is 10.4. The maximum Gasteiger partial charge on any atom is 0.0641 e. The summed E-state index contributed by atoms with van der Waals surface area (Å²) in [5.74, 6) is 0.515. The minimum atomic E-state index is 0.515. The van der Waals surface area contributed by atoms with E-state index in [4.69, 9.17) is 11.6 Å². The smallest absolute Gasteiger partial charge is 0.0641 e. The molecule has 3 heteroatoms. The first-order valence-corrected chi connectivity index (χ1v) is 2.93. The van der Waals surface area contributed by atoms with Gasteiger partial charge in [-0.3, -0.25) is 5.10 Å². The Kier molecular flexibility index (Phi) is 1.53. The van der Waals surface area contributed by atoms with Gasteiger partial charge in [0, 0.05) is 0 Å². The SMILES string of the molecule is Cc1cc(CCl)[nH]n1. The van der Waals surface area contributed by atoms with E-state index in [0.717, 1.165) is 11.4 Å². The number of nitrogens with zero attached hydrogens (tertiary/aromatic N) is 1. The zero-order valence-electron chi connectivity index (χ0n) is 4.61. The van der Waals surface area contributed by atoms with E-state index in [2.05, 4.69) is 10.2 Å². The number of aromatic amines is 1. The number of aromatic nitrogens is 2. The largest absolute Gasteiger partial charge is 0.281 e. The van der Waals surface area contributed by atoms with Crippen molar-refractivity contribution in [2.75, 3.05) is 0 Å². The lowest BCUT2D eigenvalue weighted by Crippen LogP contribution is -1.73. The molecule has 0 aliphatic carbocycles. The summed E-state index contributed by atoms with van der Waals surface area (Å²) in [6.45, 7) is 1.92. The molecule has 0 unspecified atom stereocenters. The van der Waals surface area contributed by atoms with E-state index >= 15 is 0 Å². The molecule has 0 amide bonds. The van der Waals surface area contributed by atoms with Crippen LogP contribution in [0.3, 0.4) is 0 Å². The fourth-order valence-corrected chi connectivity index (χ4v) is 0.682. The number of halogens is 1. The van der Waals surface area contributed by atoms with Crippen molar-refractivity contribution in [3.05, 3.63) is 17.5 Å². The number of H-pyrrole nitrogens is 1. The molecule has 1 aromatic heterocycles. The second kappa shape index (κ2) is 2.18. The van der Waals surface area contributed by atoms with Gasteiger partial charge in [0.1, 0.15) is 0 Å². The van der Waals surface area contributed by atoms with Crippen LogP contribution in [0.15, 0.2) is 6.07 Å². The summed E-state index contributed by atoms with van der Waals surface area (Å²) in [4.78, 5) is 0. The molecule has 0 radical (unpaired) electrons. The zero-order valence-corrected chi connectivity index (χ0v) is 5.37. The van der Waals surface area contributed by atoms with Crippen molar-refractivity contribution in [3.8, 4) is 0 Å². The highest BCUT2D eigenvalue weighted by Gasteiger charge is 1.90. The van der Waals surface area contributed by atoms with Crippen LogP contribution >= 0.6 is 11.6 Å². The van der Waals surface area contributed by atoms with Gasteiger partial charge in [-0.1, -0.05) is 0 Å². The van der Waals surface area contributed by atoms with Crippen molar-refractivity contribution < 1.29 is 0 Å². The Bertz CT molecular complexity index is 171. The summed E-state index contributed by atoms with van der Waals surface area (Å²) in [5, 5.41) is 6.65. The number of hydrogen-bond acceptors (Lipinski definition) is 1. The summed E-state index contributed by atoms with van der Waals surface area (Å²) in [6.07, 6.45) is 0. The van der Waals surface area contributed by atoms with E-state index in [1.807, 2.05) is 13.0 Å². The molecule has 1 rings (SSSR count). The first kappa shape index (κ1) is 5.63. The fraction of sp³-hybridized carbons (Fsp3) is 0.400. The lowest BCUT2D eigenvalue weighted by Gasteiger charge is -1.77. The second-order valence-electron chi connectivity index (χ2n) is 1.67. The second-order valence-corrected chi connectivity index (χ2v) is 1.94. The molecule has 1 aromatic rings. The Morgan fingerprint density at radius 3 is 2.88 bits per heavy atom. The Balaban J connectivity index is 2.84. The molecule has 8 heavy (non-hydrogen) atoms. The third-order valence-electron chi connectivity index (χ3n) is 0.903. The zero-order chi connectivity index (χ0) is 5.98. The van der Waals surface area contributed by atoms with Crippen molar-refractivity contribution >= 4 is 11.6 Å². The van der Waals surface area contributed by atoms with Crippen LogP contribution < -0.4 is 0 Å². The monoisotopic (exact) mass is 130 g/mol. The van der Waals surface area contributed by atoms with Gasteiger partial charge in [0.25, 0.3) is 0 Å². The van der Waals surface area contributed by atoms with Crippen LogP contribution in [0.25, 0.3) is 0 Å². The molecule has 0 fully saturated rings. The van der Waals surface area contributed by atoms with Gasteiger partial charge in [-0.25, -0.2) is 0 Å². The molecule has 1 heterocycles.